The quantitative estimate of drug-likeness (QED) is 0.879. The van der Waals surface area contributed by atoms with E-state index in [9.17, 15) is 0 Å². The van der Waals surface area contributed by atoms with Gasteiger partial charge in [0.2, 0.25) is 0 Å². The monoisotopic (exact) mass is 297 g/mol. The third kappa shape index (κ3) is 1.73. The summed E-state index contributed by atoms with van der Waals surface area (Å²) < 4.78 is 3.25. The fourth-order valence-electron chi connectivity index (χ4n) is 2.08. The number of hydrogen-bond acceptors (Lipinski definition) is 3. The predicted octanol–water partition coefficient (Wildman–Crippen LogP) is 3.17. The third-order valence-electron chi connectivity index (χ3n) is 2.89. The third-order valence-corrected chi connectivity index (χ3v) is 4.54. The molecule has 2 aromatic rings. The van der Waals surface area contributed by atoms with Crippen molar-refractivity contribution < 1.29 is 0 Å². The number of nitrogens with two attached hydrogens (primary N) is 1. The molecule has 1 aliphatic heterocycles. The Bertz CT molecular complexity index is 517. The van der Waals surface area contributed by atoms with Gasteiger partial charge in [0, 0.05) is 12.6 Å². The van der Waals surface area contributed by atoms with Crippen LogP contribution < -0.4 is 5.73 Å². The first-order valence-corrected chi connectivity index (χ1v) is 6.94. The average Bonchev–Trinajstić information content (AvgIpc) is 2.84. The number of rotatable bonds is 1. The van der Waals surface area contributed by atoms with Gasteiger partial charge in [-0.05, 0) is 40.9 Å². The van der Waals surface area contributed by atoms with Crippen molar-refractivity contribution in [2.45, 2.75) is 25.4 Å². The van der Waals surface area contributed by atoms with Crippen molar-refractivity contribution in [1.82, 2.24) is 9.55 Å². The largest absolute Gasteiger partial charge is 0.318 e. The maximum Gasteiger partial charge on any atom is 0.110 e. The van der Waals surface area contributed by atoms with Crippen LogP contribution in [0, 0.1) is 0 Å². The normalized spacial score (nSPS) is 19.8. The van der Waals surface area contributed by atoms with Gasteiger partial charge in [0.05, 0.1) is 20.5 Å². The Morgan fingerprint density at radius 2 is 2.38 bits per heavy atom. The minimum Gasteiger partial charge on any atom is -0.318 e. The maximum absolute atomic E-state index is 6.06. The molecule has 3 heterocycles. The van der Waals surface area contributed by atoms with Crippen LogP contribution in [0.25, 0.3) is 10.6 Å². The molecule has 84 valence electrons. The minimum absolute atomic E-state index is 0.105. The lowest BCUT2D eigenvalue weighted by Crippen LogP contribution is -2.24. The first-order valence-electron chi connectivity index (χ1n) is 5.33. The summed E-state index contributed by atoms with van der Waals surface area (Å²) in [4.78, 5) is 5.85. The van der Waals surface area contributed by atoms with E-state index < -0.39 is 0 Å². The zero-order chi connectivity index (χ0) is 11.1. The molecule has 3 nitrogen and oxygen atoms in total. The Hall–Kier alpha value is -0.650. The molecule has 3 rings (SSSR count). The second-order valence-corrected chi connectivity index (χ2v) is 6.48. The van der Waals surface area contributed by atoms with Crippen LogP contribution in [0.15, 0.2) is 22.1 Å². The van der Waals surface area contributed by atoms with E-state index in [1.165, 1.54) is 4.88 Å². The molecule has 0 bridgehead atoms. The van der Waals surface area contributed by atoms with E-state index in [-0.39, 0.29) is 6.17 Å². The van der Waals surface area contributed by atoms with Crippen LogP contribution in [0.1, 0.15) is 24.8 Å². The first kappa shape index (κ1) is 10.5. The molecule has 16 heavy (non-hydrogen) atoms. The predicted molar refractivity (Wildman–Crippen MR) is 69.4 cm³/mol. The first-order chi connectivity index (χ1) is 7.74. The zero-order valence-electron chi connectivity index (χ0n) is 8.69. The van der Waals surface area contributed by atoms with E-state index in [0.717, 1.165) is 34.6 Å². The van der Waals surface area contributed by atoms with E-state index >= 15 is 0 Å². The number of imidazole rings is 1. The lowest BCUT2D eigenvalue weighted by molar-refractivity contribution is 0.408. The highest BCUT2D eigenvalue weighted by Crippen LogP contribution is 2.32. The molecule has 2 N–H and O–H groups in total. The van der Waals surface area contributed by atoms with Crippen LogP contribution in [0.3, 0.4) is 0 Å². The van der Waals surface area contributed by atoms with Crippen LogP contribution in [-0.2, 0) is 6.42 Å². The number of thiophene rings is 1. The van der Waals surface area contributed by atoms with Crippen LogP contribution in [-0.4, -0.2) is 9.55 Å². The fourth-order valence-corrected chi connectivity index (χ4v) is 3.42. The number of nitrogens with zero attached hydrogens (tertiary/aromatic N) is 2. The van der Waals surface area contributed by atoms with Crippen molar-refractivity contribution in [2.24, 2.45) is 5.73 Å². The Kier molecular flexibility index (Phi) is 2.61. The van der Waals surface area contributed by atoms with Crippen LogP contribution in [0.5, 0.6) is 0 Å². The van der Waals surface area contributed by atoms with Gasteiger partial charge in [-0.2, -0.15) is 0 Å². The summed E-state index contributed by atoms with van der Waals surface area (Å²) >= 11 is 5.18. The van der Waals surface area contributed by atoms with E-state index in [0.29, 0.717) is 0 Å². The highest BCUT2D eigenvalue weighted by Gasteiger charge is 2.19. The molecule has 1 aliphatic rings. The summed E-state index contributed by atoms with van der Waals surface area (Å²) in [6.07, 6.45) is 5.42. The van der Waals surface area contributed by atoms with E-state index in [2.05, 4.69) is 43.8 Å². The lowest BCUT2D eigenvalue weighted by atomic mass is 10.1. The van der Waals surface area contributed by atoms with Gasteiger partial charge in [-0.15, -0.1) is 11.3 Å². The van der Waals surface area contributed by atoms with Crippen LogP contribution >= 0.6 is 27.3 Å². The maximum atomic E-state index is 6.06. The number of halogens is 1. The number of aromatic nitrogens is 2. The Labute approximate surface area is 106 Å². The van der Waals surface area contributed by atoms with Gasteiger partial charge in [0.25, 0.3) is 0 Å². The summed E-state index contributed by atoms with van der Waals surface area (Å²) in [5.41, 5.74) is 7.10. The minimum atomic E-state index is 0.105. The molecular weight excluding hydrogens is 286 g/mol. The zero-order valence-corrected chi connectivity index (χ0v) is 11.1. The van der Waals surface area contributed by atoms with Crippen LogP contribution in [0.4, 0.5) is 0 Å². The van der Waals surface area contributed by atoms with Crippen molar-refractivity contribution in [3.8, 4) is 10.6 Å². The fraction of sp³-hybridized carbons (Fsp3) is 0.364. The Morgan fingerprint density at radius 3 is 3.06 bits per heavy atom. The van der Waals surface area contributed by atoms with Gasteiger partial charge in [0.1, 0.15) is 5.82 Å². The van der Waals surface area contributed by atoms with Crippen molar-refractivity contribution in [3.63, 3.8) is 0 Å². The van der Waals surface area contributed by atoms with E-state index in [4.69, 9.17) is 5.73 Å². The SMILES string of the molecule is NC1CCCc2nc(-c3ccc(Br)s3)cn21. The molecule has 0 saturated carbocycles. The van der Waals surface area contributed by atoms with Crippen molar-refractivity contribution in [2.75, 3.05) is 0 Å². The molecule has 1 atom stereocenters. The van der Waals surface area contributed by atoms with Gasteiger partial charge in [-0.3, -0.25) is 0 Å². The molecule has 0 aromatic carbocycles. The Balaban J connectivity index is 2.04. The van der Waals surface area contributed by atoms with E-state index in [1.807, 2.05) is 0 Å². The molecule has 0 spiro atoms. The molecule has 0 radical (unpaired) electrons. The summed E-state index contributed by atoms with van der Waals surface area (Å²) in [5, 5.41) is 0. The van der Waals surface area contributed by atoms with Gasteiger partial charge in [0.15, 0.2) is 0 Å². The second-order valence-electron chi connectivity index (χ2n) is 4.01. The van der Waals surface area contributed by atoms with Gasteiger partial charge < -0.3 is 10.3 Å². The molecule has 0 aliphatic carbocycles. The summed E-state index contributed by atoms with van der Waals surface area (Å²) in [7, 11) is 0. The molecule has 0 fully saturated rings. The highest BCUT2D eigenvalue weighted by atomic mass is 79.9. The smallest absolute Gasteiger partial charge is 0.110 e. The molecule has 5 heteroatoms. The standard InChI is InChI=1S/C11H12BrN3S/c12-9-5-4-8(16-9)7-6-15-10(13)2-1-3-11(15)14-7/h4-6,10H,1-3,13H2. The molecule has 0 saturated heterocycles. The number of hydrogen-bond donors (Lipinski definition) is 1. The van der Waals surface area contributed by atoms with Crippen LogP contribution in [0.2, 0.25) is 0 Å². The van der Waals surface area contributed by atoms with Crippen molar-refractivity contribution >= 4 is 27.3 Å². The summed E-state index contributed by atoms with van der Waals surface area (Å²) in [6, 6.07) is 4.15. The highest BCUT2D eigenvalue weighted by molar-refractivity contribution is 9.11. The summed E-state index contributed by atoms with van der Waals surface area (Å²) in [5.74, 6) is 1.12. The topological polar surface area (TPSA) is 43.8 Å². The number of fused-ring (bicyclic) bond motifs is 1. The second kappa shape index (κ2) is 3.98. The molecule has 0 amide bonds. The number of aryl methyl sites for hydroxylation is 1. The average molecular weight is 298 g/mol. The van der Waals surface area contributed by atoms with Crippen molar-refractivity contribution in [3.05, 3.63) is 27.9 Å². The Morgan fingerprint density at radius 1 is 1.50 bits per heavy atom. The molecular formula is C11H12BrN3S. The summed E-state index contributed by atoms with van der Waals surface area (Å²) in [6.45, 7) is 0. The van der Waals surface area contributed by atoms with Crippen molar-refractivity contribution in [1.29, 1.82) is 0 Å². The van der Waals surface area contributed by atoms with Gasteiger partial charge in [-0.25, -0.2) is 4.98 Å². The van der Waals surface area contributed by atoms with Gasteiger partial charge >= 0.3 is 0 Å². The molecule has 1 unspecified atom stereocenters. The molecule has 2 aromatic heterocycles. The van der Waals surface area contributed by atoms with Gasteiger partial charge in [-0.1, -0.05) is 0 Å². The van der Waals surface area contributed by atoms with E-state index in [1.54, 1.807) is 11.3 Å². The lowest BCUT2D eigenvalue weighted by Gasteiger charge is -2.20.